The van der Waals surface area contributed by atoms with Crippen LogP contribution in [0.2, 0.25) is 5.15 Å². The third kappa shape index (κ3) is 1.57. The highest BCUT2D eigenvalue weighted by Gasteiger charge is 2.27. The topological polar surface area (TPSA) is 77.2 Å². The van der Waals surface area contributed by atoms with Crippen molar-refractivity contribution in [1.29, 1.82) is 0 Å². The lowest BCUT2D eigenvalue weighted by Crippen LogP contribution is -2.31. The number of aromatic nitrogens is 3. The quantitative estimate of drug-likeness (QED) is 0.838. The Morgan fingerprint density at radius 2 is 2.33 bits per heavy atom. The predicted octanol–water partition coefficient (Wildman–Crippen LogP) is 1.66. The highest BCUT2D eigenvalue weighted by Crippen LogP contribution is 2.28. The molecule has 2 aromatic rings. The number of aromatic carboxylic acids is 1. The monoisotopic (exact) mass is 267 g/mol. The molecule has 7 heteroatoms. The average Bonchev–Trinajstić information content (AvgIpc) is 2.52. The highest BCUT2D eigenvalue weighted by molar-refractivity contribution is 6.30. The van der Waals surface area contributed by atoms with E-state index in [9.17, 15) is 9.90 Å². The summed E-state index contributed by atoms with van der Waals surface area (Å²) in [6, 6.07) is 1.46. The second-order valence-corrected chi connectivity index (χ2v) is 4.60. The lowest BCUT2D eigenvalue weighted by molar-refractivity contribution is -0.0270. The zero-order valence-corrected chi connectivity index (χ0v) is 10.3. The molecule has 0 spiro atoms. The number of aryl methyl sites for hydroxylation is 1. The van der Waals surface area contributed by atoms with Gasteiger partial charge in [-0.3, -0.25) is 0 Å². The maximum Gasteiger partial charge on any atom is 0.336 e. The van der Waals surface area contributed by atoms with Gasteiger partial charge < -0.3 is 9.84 Å². The highest BCUT2D eigenvalue weighted by atomic mass is 35.5. The molecule has 3 rings (SSSR count). The van der Waals surface area contributed by atoms with E-state index in [1.807, 2.05) is 0 Å². The third-order valence-electron chi connectivity index (χ3n) is 3.00. The summed E-state index contributed by atoms with van der Waals surface area (Å²) in [5.41, 5.74) is 1.28. The number of nitrogens with zero attached hydrogens (tertiary/aromatic N) is 3. The zero-order chi connectivity index (χ0) is 12.9. The molecule has 2 aromatic heterocycles. The minimum Gasteiger partial charge on any atom is -0.478 e. The third-order valence-corrected chi connectivity index (χ3v) is 3.20. The average molecular weight is 268 g/mol. The number of halogens is 1. The number of rotatable bonds is 2. The molecule has 0 amide bonds. The van der Waals surface area contributed by atoms with Gasteiger partial charge in [0, 0.05) is 0 Å². The van der Waals surface area contributed by atoms with Gasteiger partial charge in [-0.1, -0.05) is 11.6 Å². The minimum atomic E-state index is -1.03. The van der Waals surface area contributed by atoms with Gasteiger partial charge in [0.15, 0.2) is 5.65 Å². The Kier molecular flexibility index (Phi) is 2.49. The first kappa shape index (κ1) is 11.4. The first-order valence-electron chi connectivity index (χ1n) is 5.44. The van der Waals surface area contributed by atoms with Crippen molar-refractivity contribution in [3.63, 3.8) is 0 Å². The number of fused-ring (bicyclic) bond motifs is 1. The molecule has 1 saturated heterocycles. The molecule has 0 saturated carbocycles. The van der Waals surface area contributed by atoms with E-state index in [-0.39, 0.29) is 16.8 Å². The van der Waals surface area contributed by atoms with Crippen LogP contribution >= 0.6 is 11.6 Å². The van der Waals surface area contributed by atoms with Gasteiger partial charge in [0.1, 0.15) is 11.2 Å². The van der Waals surface area contributed by atoms with Gasteiger partial charge in [-0.2, -0.15) is 5.10 Å². The molecule has 1 aliphatic rings. The molecule has 0 radical (unpaired) electrons. The van der Waals surface area contributed by atoms with Crippen molar-refractivity contribution in [1.82, 2.24) is 14.8 Å². The number of ether oxygens (including phenoxy) is 1. The van der Waals surface area contributed by atoms with Gasteiger partial charge in [0.25, 0.3) is 0 Å². The van der Waals surface area contributed by atoms with Crippen LogP contribution in [0.1, 0.15) is 22.1 Å². The Labute approximate surface area is 107 Å². The standard InChI is InChI=1S/C11H10ClN3O3/c1-5-9-7(11(16)17)2-8(12)13-10(9)15(14-5)6-3-18-4-6/h2,6H,3-4H2,1H3,(H,16,17). The molecule has 94 valence electrons. The van der Waals surface area contributed by atoms with Gasteiger partial charge in [0.2, 0.25) is 0 Å². The number of carbonyl (C=O) groups is 1. The lowest BCUT2D eigenvalue weighted by Gasteiger charge is -2.26. The first-order valence-corrected chi connectivity index (χ1v) is 5.82. The summed E-state index contributed by atoms with van der Waals surface area (Å²) in [4.78, 5) is 15.4. The van der Waals surface area contributed by atoms with Crippen molar-refractivity contribution in [2.24, 2.45) is 0 Å². The predicted molar refractivity (Wildman–Crippen MR) is 64.1 cm³/mol. The Hall–Kier alpha value is -1.66. The molecule has 18 heavy (non-hydrogen) atoms. The fourth-order valence-electron chi connectivity index (χ4n) is 2.07. The van der Waals surface area contributed by atoms with E-state index in [0.29, 0.717) is 29.9 Å². The Bertz CT molecular complexity index is 649. The second kappa shape index (κ2) is 3.93. The zero-order valence-electron chi connectivity index (χ0n) is 9.55. The van der Waals surface area contributed by atoms with E-state index in [2.05, 4.69) is 10.1 Å². The van der Waals surface area contributed by atoms with E-state index in [4.69, 9.17) is 16.3 Å². The number of hydrogen-bond acceptors (Lipinski definition) is 4. The largest absolute Gasteiger partial charge is 0.478 e. The van der Waals surface area contributed by atoms with Gasteiger partial charge in [-0.15, -0.1) is 0 Å². The number of hydrogen-bond donors (Lipinski definition) is 1. The summed E-state index contributed by atoms with van der Waals surface area (Å²) < 4.78 is 6.82. The van der Waals surface area contributed by atoms with Crippen LogP contribution in [0.5, 0.6) is 0 Å². The number of carboxylic acid groups (broad SMARTS) is 1. The number of carboxylic acids is 1. The Morgan fingerprint density at radius 1 is 1.61 bits per heavy atom. The molecule has 0 atom stereocenters. The summed E-state index contributed by atoms with van der Waals surface area (Å²) in [6.45, 7) is 2.89. The fraction of sp³-hybridized carbons (Fsp3) is 0.364. The van der Waals surface area contributed by atoms with Crippen molar-refractivity contribution in [2.75, 3.05) is 13.2 Å². The Balaban J connectivity index is 2.31. The molecule has 6 nitrogen and oxygen atoms in total. The van der Waals surface area contributed by atoms with Crippen LogP contribution in [-0.2, 0) is 4.74 Å². The van der Waals surface area contributed by atoms with E-state index in [1.54, 1.807) is 11.6 Å². The van der Waals surface area contributed by atoms with Crippen LogP contribution in [0.25, 0.3) is 11.0 Å². The summed E-state index contributed by atoms with van der Waals surface area (Å²) in [7, 11) is 0. The molecule has 0 aliphatic carbocycles. The van der Waals surface area contributed by atoms with Crippen molar-refractivity contribution in [2.45, 2.75) is 13.0 Å². The van der Waals surface area contributed by atoms with Crippen LogP contribution in [0.4, 0.5) is 0 Å². The molecule has 0 unspecified atom stereocenters. The molecule has 1 N–H and O–H groups in total. The van der Waals surface area contributed by atoms with Crippen molar-refractivity contribution < 1.29 is 14.6 Å². The van der Waals surface area contributed by atoms with Gasteiger partial charge in [-0.05, 0) is 13.0 Å². The molecule has 0 aromatic carbocycles. The summed E-state index contributed by atoms with van der Waals surface area (Å²) >= 11 is 5.87. The van der Waals surface area contributed by atoms with Gasteiger partial charge in [0.05, 0.1) is 29.9 Å². The SMILES string of the molecule is Cc1nn(C2COC2)c2nc(Cl)cc(C(=O)O)c12. The van der Waals surface area contributed by atoms with Crippen LogP contribution in [0.3, 0.4) is 0 Å². The molecular weight excluding hydrogens is 258 g/mol. The van der Waals surface area contributed by atoms with Crippen LogP contribution in [0, 0.1) is 6.92 Å². The van der Waals surface area contributed by atoms with E-state index >= 15 is 0 Å². The maximum absolute atomic E-state index is 11.2. The summed E-state index contributed by atoms with van der Waals surface area (Å²) in [5, 5.41) is 14.2. The van der Waals surface area contributed by atoms with Crippen molar-refractivity contribution >= 4 is 28.6 Å². The summed E-state index contributed by atoms with van der Waals surface area (Å²) in [6.07, 6.45) is 0. The molecule has 1 aliphatic heterocycles. The minimum absolute atomic E-state index is 0.105. The number of pyridine rings is 1. The molecule has 3 heterocycles. The van der Waals surface area contributed by atoms with Crippen LogP contribution in [0.15, 0.2) is 6.07 Å². The second-order valence-electron chi connectivity index (χ2n) is 4.22. The normalized spacial score (nSPS) is 15.9. The molecule has 0 bridgehead atoms. The van der Waals surface area contributed by atoms with Crippen LogP contribution in [-0.4, -0.2) is 39.1 Å². The van der Waals surface area contributed by atoms with Gasteiger partial charge in [-0.25, -0.2) is 14.5 Å². The molecular formula is C11H10ClN3O3. The summed E-state index contributed by atoms with van der Waals surface area (Å²) in [5.74, 6) is -1.03. The van der Waals surface area contributed by atoms with E-state index < -0.39 is 5.97 Å². The van der Waals surface area contributed by atoms with Crippen molar-refractivity contribution in [3.8, 4) is 0 Å². The van der Waals surface area contributed by atoms with Crippen LogP contribution < -0.4 is 0 Å². The van der Waals surface area contributed by atoms with Crippen molar-refractivity contribution in [3.05, 3.63) is 22.5 Å². The van der Waals surface area contributed by atoms with Gasteiger partial charge >= 0.3 is 5.97 Å². The van der Waals surface area contributed by atoms with E-state index in [0.717, 1.165) is 0 Å². The first-order chi connectivity index (χ1) is 8.58. The fourth-order valence-corrected chi connectivity index (χ4v) is 2.26. The Morgan fingerprint density at radius 3 is 2.89 bits per heavy atom. The van der Waals surface area contributed by atoms with E-state index in [1.165, 1.54) is 6.07 Å². The maximum atomic E-state index is 11.2. The smallest absolute Gasteiger partial charge is 0.336 e. The molecule has 1 fully saturated rings. The lowest BCUT2D eigenvalue weighted by atomic mass is 10.1.